The van der Waals surface area contributed by atoms with Gasteiger partial charge in [0.2, 0.25) is 0 Å². The second kappa shape index (κ2) is 5.48. The van der Waals surface area contributed by atoms with Crippen molar-refractivity contribution in [3.8, 4) is 5.75 Å². The maximum absolute atomic E-state index is 11.0. The first-order valence-electron chi connectivity index (χ1n) is 5.89. The average Bonchev–Trinajstić information content (AvgIpc) is 2.33. The highest BCUT2D eigenvalue weighted by molar-refractivity contribution is 9.10. The van der Waals surface area contributed by atoms with Crippen LogP contribution in [0.15, 0.2) is 22.7 Å². The van der Waals surface area contributed by atoms with Crippen molar-refractivity contribution in [1.29, 1.82) is 0 Å². The molecule has 0 amide bonds. The molecule has 0 saturated carbocycles. The van der Waals surface area contributed by atoms with Gasteiger partial charge in [0.15, 0.2) is 0 Å². The predicted molar refractivity (Wildman–Crippen MR) is 73.4 cm³/mol. The average molecular weight is 330 g/mol. The SMILES string of the molecule is COc1ccc(Br)cc1C1(CC(N)C(=O)O)COC1. The topological polar surface area (TPSA) is 81.8 Å². The molecule has 1 saturated heterocycles. The maximum atomic E-state index is 11.0. The second-order valence-corrected chi connectivity index (χ2v) is 5.68. The van der Waals surface area contributed by atoms with Gasteiger partial charge in [-0.3, -0.25) is 4.79 Å². The third-order valence-electron chi connectivity index (χ3n) is 3.42. The van der Waals surface area contributed by atoms with E-state index in [1.54, 1.807) is 7.11 Å². The van der Waals surface area contributed by atoms with E-state index in [1.807, 2.05) is 18.2 Å². The van der Waals surface area contributed by atoms with Gasteiger partial charge >= 0.3 is 5.97 Å². The maximum Gasteiger partial charge on any atom is 0.320 e. The molecule has 3 N–H and O–H groups in total. The number of hydrogen-bond acceptors (Lipinski definition) is 4. The Kier molecular flexibility index (Phi) is 4.13. The quantitative estimate of drug-likeness (QED) is 0.856. The molecule has 104 valence electrons. The van der Waals surface area contributed by atoms with E-state index in [9.17, 15) is 4.79 Å². The van der Waals surface area contributed by atoms with Crippen LogP contribution in [0.4, 0.5) is 0 Å². The van der Waals surface area contributed by atoms with E-state index in [0.717, 1.165) is 15.8 Å². The zero-order chi connectivity index (χ0) is 14.0. The molecule has 1 aliphatic heterocycles. The van der Waals surface area contributed by atoms with Crippen LogP contribution in [-0.4, -0.2) is 37.4 Å². The Balaban J connectivity index is 2.35. The van der Waals surface area contributed by atoms with Crippen LogP contribution < -0.4 is 10.5 Å². The molecular formula is C13H16BrNO4. The highest BCUT2D eigenvalue weighted by Gasteiger charge is 2.44. The Hall–Kier alpha value is -1.11. The lowest BCUT2D eigenvalue weighted by Crippen LogP contribution is -2.52. The van der Waals surface area contributed by atoms with Crippen molar-refractivity contribution in [2.75, 3.05) is 20.3 Å². The highest BCUT2D eigenvalue weighted by atomic mass is 79.9. The van der Waals surface area contributed by atoms with Crippen molar-refractivity contribution in [2.24, 2.45) is 5.73 Å². The van der Waals surface area contributed by atoms with Gasteiger partial charge in [0.05, 0.1) is 20.3 Å². The molecule has 2 rings (SSSR count). The number of carboxylic acids is 1. The molecule has 1 unspecified atom stereocenters. The summed E-state index contributed by atoms with van der Waals surface area (Å²) in [7, 11) is 1.59. The summed E-state index contributed by atoms with van der Waals surface area (Å²) in [6, 6.07) is 4.77. The minimum atomic E-state index is -1.000. The van der Waals surface area contributed by atoms with Gasteiger partial charge in [-0.25, -0.2) is 0 Å². The van der Waals surface area contributed by atoms with Crippen molar-refractivity contribution in [2.45, 2.75) is 17.9 Å². The largest absolute Gasteiger partial charge is 0.496 e. The van der Waals surface area contributed by atoms with Gasteiger partial charge in [-0.05, 0) is 24.6 Å². The van der Waals surface area contributed by atoms with E-state index in [1.165, 1.54) is 0 Å². The molecule has 1 heterocycles. The molecule has 1 aromatic carbocycles. The summed E-state index contributed by atoms with van der Waals surface area (Å²) in [5, 5.41) is 8.99. The minimum Gasteiger partial charge on any atom is -0.496 e. The monoisotopic (exact) mass is 329 g/mol. The summed E-state index contributed by atoms with van der Waals surface area (Å²) in [6.45, 7) is 0.918. The van der Waals surface area contributed by atoms with Gasteiger partial charge in [0.25, 0.3) is 0 Å². The van der Waals surface area contributed by atoms with Crippen LogP contribution in [0.3, 0.4) is 0 Å². The first kappa shape index (κ1) is 14.3. The van der Waals surface area contributed by atoms with Crippen molar-refractivity contribution in [3.05, 3.63) is 28.2 Å². The van der Waals surface area contributed by atoms with E-state index in [-0.39, 0.29) is 5.41 Å². The van der Waals surface area contributed by atoms with Gasteiger partial charge in [0.1, 0.15) is 11.8 Å². The van der Waals surface area contributed by atoms with E-state index >= 15 is 0 Å². The molecule has 0 aliphatic carbocycles. The number of aliphatic carboxylic acids is 1. The third-order valence-corrected chi connectivity index (χ3v) is 3.91. The van der Waals surface area contributed by atoms with Crippen LogP contribution in [0.2, 0.25) is 0 Å². The van der Waals surface area contributed by atoms with Crippen molar-refractivity contribution in [3.63, 3.8) is 0 Å². The van der Waals surface area contributed by atoms with Crippen LogP contribution in [0.25, 0.3) is 0 Å². The summed E-state index contributed by atoms with van der Waals surface area (Å²) >= 11 is 3.42. The van der Waals surface area contributed by atoms with Gasteiger partial charge in [-0.2, -0.15) is 0 Å². The lowest BCUT2D eigenvalue weighted by atomic mass is 9.73. The number of nitrogens with two attached hydrogens (primary N) is 1. The lowest BCUT2D eigenvalue weighted by Gasteiger charge is -2.43. The van der Waals surface area contributed by atoms with Crippen molar-refractivity contribution < 1.29 is 19.4 Å². The molecule has 1 atom stereocenters. The molecule has 5 nitrogen and oxygen atoms in total. The normalized spacial score (nSPS) is 18.5. The second-order valence-electron chi connectivity index (χ2n) is 4.77. The Morgan fingerprint density at radius 3 is 2.79 bits per heavy atom. The first-order valence-corrected chi connectivity index (χ1v) is 6.68. The number of halogens is 1. The number of rotatable bonds is 5. The number of carbonyl (C=O) groups is 1. The van der Waals surface area contributed by atoms with Crippen molar-refractivity contribution in [1.82, 2.24) is 0 Å². The fraction of sp³-hybridized carbons (Fsp3) is 0.462. The van der Waals surface area contributed by atoms with Crippen LogP contribution in [0.1, 0.15) is 12.0 Å². The van der Waals surface area contributed by atoms with Crippen LogP contribution >= 0.6 is 15.9 Å². The fourth-order valence-electron chi connectivity index (χ4n) is 2.33. The Morgan fingerprint density at radius 2 is 2.32 bits per heavy atom. The zero-order valence-electron chi connectivity index (χ0n) is 10.6. The predicted octanol–water partition coefficient (Wildman–Crippen LogP) is 1.53. The fourth-order valence-corrected chi connectivity index (χ4v) is 2.70. The number of methoxy groups -OCH3 is 1. The van der Waals surface area contributed by atoms with Crippen molar-refractivity contribution >= 4 is 21.9 Å². The van der Waals surface area contributed by atoms with E-state index < -0.39 is 12.0 Å². The lowest BCUT2D eigenvalue weighted by molar-refractivity contribution is -0.141. The molecule has 1 aliphatic rings. The molecule has 1 aromatic rings. The Bertz CT molecular complexity index is 488. The van der Waals surface area contributed by atoms with Gasteiger partial charge in [-0.15, -0.1) is 0 Å². The summed E-state index contributed by atoms with van der Waals surface area (Å²) in [6.07, 6.45) is 0.329. The van der Waals surface area contributed by atoms with Crippen LogP contribution in [0, 0.1) is 0 Å². The third kappa shape index (κ3) is 2.75. The molecule has 0 bridgehead atoms. The molecule has 0 aromatic heterocycles. The number of ether oxygens (including phenoxy) is 2. The Labute approximate surface area is 119 Å². The van der Waals surface area contributed by atoms with E-state index in [2.05, 4.69) is 15.9 Å². The van der Waals surface area contributed by atoms with E-state index in [4.69, 9.17) is 20.3 Å². The van der Waals surface area contributed by atoms with Crippen LogP contribution in [0.5, 0.6) is 5.75 Å². The summed E-state index contributed by atoms with van der Waals surface area (Å²) < 4.78 is 11.6. The summed E-state index contributed by atoms with van der Waals surface area (Å²) in [5.74, 6) is -0.274. The highest BCUT2D eigenvalue weighted by Crippen LogP contribution is 2.42. The molecular weight excluding hydrogens is 314 g/mol. The van der Waals surface area contributed by atoms with Gasteiger partial charge in [-0.1, -0.05) is 15.9 Å². The standard InChI is InChI=1S/C13H16BrNO4/c1-18-11-3-2-8(14)4-9(11)13(6-19-7-13)5-10(15)12(16)17/h2-4,10H,5-7,15H2,1H3,(H,16,17). The molecule has 1 fully saturated rings. The van der Waals surface area contributed by atoms with Crippen LogP contribution in [-0.2, 0) is 14.9 Å². The first-order chi connectivity index (χ1) is 8.98. The molecule has 0 radical (unpaired) electrons. The van der Waals surface area contributed by atoms with E-state index in [0.29, 0.717) is 19.6 Å². The number of hydrogen-bond donors (Lipinski definition) is 2. The smallest absolute Gasteiger partial charge is 0.320 e. The van der Waals surface area contributed by atoms with Gasteiger partial charge < -0.3 is 20.3 Å². The van der Waals surface area contributed by atoms with Gasteiger partial charge in [0, 0.05) is 15.5 Å². The molecule has 6 heteroatoms. The minimum absolute atomic E-state index is 0.329. The zero-order valence-corrected chi connectivity index (χ0v) is 12.1. The molecule has 0 spiro atoms. The summed E-state index contributed by atoms with van der Waals surface area (Å²) in [5.41, 5.74) is 6.23. The Morgan fingerprint density at radius 1 is 1.63 bits per heavy atom. The number of carboxylic acid groups (broad SMARTS) is 1. The molecule has 19 heavy (non-hydrogen) atoms. The number of benzene rings is 1. The summed E-state index contributed by atoms with van der Waals surface area (Å²) in [4.78, 5) is 11.0.